The van der Waals surface area contributed by atoms with Gasteiger partial charge in [-0.25, -0.2) is 8.42 Å². The van der Waals surface area contributed by atoms with E-state index in [4.69, 9.17) is 4.42 Å². The van der Waals surface area contributed by atoms with Crippen LogP contribution in [0, 0.1) is 0 Å². The average molecular weight is 422 g/mol. The van der Waals surface area contributed by atoms with Crippen LogP contribution >= 0.6 is 15.9 Å². The molecule has 0 aliphatic heterocycles. The van der Waals surface area contributed by atoms with Crippen LogP contribution in [0.2, 0.25) is 0 Å². The maximum Gasteiger partial charge on any atom is 0.322 e. The zero-order valence-corrected chi connectivity index (χ0v) is 15.3. The zero-order valence-electron chi connectivity index (χ0n) is 12.9. The van der Waals surface area contributed by atoms with Gasteiger partial charge in [-0.1, -0.05) is 29.4 Å². The number of hydrogen-bond acceptors (Lipinski definition) is 6. The Morgan fingerprint density at radius 3 is 2.48 bits per heavy atom. The van der Waals surface area contributed by atoms with E-state index in [1.165, 1.54) is 6.07 Å². The van der Waals surface area contributed by atoms with Crippen LogP contribution < -0.4 is 5.32 Å². The molecule has 2 aromatic carbocycles. The van der Waals surface area contributed by atoms with Gasteiger partial charge in [0, 0.05) is 10.7 Å². The van der Waals surface area contributed by atoms with Gasteiger partial charge in [0.25, 0.3) is 11.8 Å². The molecule has 0 aliphatic carbocycles. The SMILES string of the molecule is CS(=O)(=O)c1ccccc1-c1nnc(NC(=O)c2ccccc2Br)o1. The summed E-state index contributed by atoms with van der Waals surface area (Å²) >= 11 is 3.29. The molecular formula is C16H12BrN3O4S. The molecule has 0 aliphatic rings. The van der Waals surface area contributed by atoms with Crippen molar-refractivity contribution in [1.82, 2.24) is 10.2 Å². The summed E-state index contributed by atoms with van der Waals surface area (Å²) in [5, 5.41) is 10.1. The van der Waals surface area contributed by atoms with Crippen LogP contribution in [0.3, 0.4) is 0 Å². The van der Waals surface area contributed by atoms with Gasteiger partial charge in [0.2, 0.25) is 0 Å². The lowest BCUT2D eigenvalue weighted by atomic mass is 10.2. The predicted octanol–water partition coefficient (Wildman–Crippen LogP) is 3.15. The molecule has 1 heterocycles. The van der Waals surface area contributed by atoms with Gasteiger partial charge in [0.05, 0.1) is 16.0 Å². The smallest absolute Gasteiger partial charge is 0.322 e. The number of hydrogen-bond donors (Lipinski definition) is 1. The molecule has 1 N–H and O–H groups in total. The van der Waals surface area contributed by atoms with Crippen molar-refractivity contribution >= 4 is 37.7 Å². The molecule has 0 atom stereocenters. The van der Waals surface area contributed by atoms with Crippen LogP contribution in [-0.4, -0.2) is 30.8 Å². The third-order valence-electron chi connectivity index (χ3n) is 3.28. The quantitative estimate of drug-likeness (QED) is 0.693. The predicted molar refractivity (Wildman–Crippen MR) is 94.9 cm³/mol. The minimum atomic E-state index is -3.47. The molecule has 7 nitrogen and oxygen atoms in total. The number of carbonyl (C=O) groups is 1. The van der Waals surface area contributed by atoms with Crippen molar-refractivity contribution < 1.29 is 17.6 Å². The Bertz CT molecular complexity index is 1050. The van der Waals surface area contributed by atoms with Gasteiger partial charge >= 0.3 is 6.01 Å². The molecule has 3 rings (SSSR count). The van der Waals surface area contributed by atoms with Crippen molar-refractivity contribution in [1.29, 1.82) is 0 Å². The molecule has 0 radical (unpaired) electrons. The largest absolute Gasteiger partial charge is 0.403 e. The van der Waals surface area contributed by atoms with Crippen LogP contribution in [-0.2, 0) is 9.84 Å². The summed E-state index contributed by atoms with van der Waals surface area (Å²) in [5.41, 5.74) is 0.678. The third-order valence-corrected chi connectivity index (χ3v) is 5.13. The molecule has 0 spiro atoms. The summed E-state index contributed by atoms with van der Waals surface area (Å²) in [7, 11) is -3.47. The molecule has 1 aromatic heterocycles. The van der Waals surface area contributed by atoms with Crippen LogP contribution in [0.1, 0.15) is 10.4 Å². The van der Waals surface area contributed by atoms with Crippen molar-refractivity contribution in [3.8, 4) is 11.5 Å². The second kappa shape index (κ2) is 6.77. The first-order valence-corrected chi connectivity index (χ1v) is 9.73. The standard InChI is InChI=1S/C16H12BrN3O4S/c1-25(22,23)13-9-5-3-7-11(13)15-19-20-16(24-15)18-14(21)10-6-2-4-8-12(10)17/h2-9H,1H3,(H,18,20,21). The number of sulfone groups is 1. The minimum Gasteiger partial charge on any atom is -0.403 e. The van der Waals surface area contributed by atoms with Crippen LogP contribution in [0.5, 0.6) is 0 Å². The second-order valence-electron chi connectivity index (χ2n) is 5.11. The first-order chi connectivity index (χ1) is 11.9. The highest BCUT2D eigenvalue weighted by Crippen LogP contribution is 2.27. The van der Waals surface area contributed by atoms with Gasteiger partial charge < -0.3 is 4.42 Å². The fourth-order valence-corrected chi connectivity index (χ4v) is 3.50. The number of anilines is 1. The Morgan fingerprint density at radius 1 is 1.08 bits per heavy atom. The van der Waals surface area contributed by atoms with Gasteiger partial charge in [-0.05, 0) is 40.2 Å². The van der Waals surface area contributed by atoms with Crippen molar-refractivity contribution in [2.24, 2.45) is 0 Å². The van der Waals surface area contributed by atoms with Crippen molar-refractivity contribution in [3.05, 3.63) is 58.6 Å². The highest BCUT2D eigenvalue weighted by atomic mass is 79.9. The molecule has 0 saturated heterocycles. The Balaban J connectivity index is 1.90. The third kappa shape index (κ3) is 3.77. The molecule has 0 saturated carbocycles. The number of carbonyl (C=O) groups excluding carboxylic acids is 1. The maximum absolute atomic E-state index is 12.2. The topological polar surface area (TPSA) is 102 Å². The van der Waals surface area contributed by atoms with Crippen molar-refractivity contribution in [2.75, 3.05) is 11.6 Å². The zero-order chi connectivity index (χ0) is 18.0. The van der Waals surface area contributed by atoms with Gasteiger partial charge in [-0.3, -0.25) is 10.1 Å². The van der Waals surface area contributed by atoms with Crippen molar-refractivity contribution in [3.63, 3.8) is 0 Å². The summed E-state index contributed by atoms with van der Waals surface area (Å²) in [5.74, 6) is -0.428. The van der Waals surface area contributed by atoms with Crippen LogP contribution in [0.25, 0.3) is 11.5 Å². The molecule has 25 heavy (non-hydrogen) atoms. The first-order valence-electron chi connectivity index (χ1n) is 7.05. The molecule has 128 valence electrons. The number of rotatable bonds is 4. The van der Waals surface area contributed by atoms with E-state index in [0.29, 0.717) is 10.0 Å². The normalized spacial score (nSPS) is 11.3. The second-order valence-corrected chi connectivity index (χ2v) is 7.95. The van der Waals surface area contributed by atoms with E-state index in [2.05, 4.69) is 31.4 Å². The minimum absolute atomic E-state index is 0.00320. The number of nitrogens with one attached hydrogen (secondary N) is 1. The summed E-state index contributed by atoms with van der Waals surface area (Å²) in [6.45, 7) is 0. The van der Waals surface area contributed by atoms with Gasteiger partial charge in [-0.15, -0.1) is 5.10 Å². The van der Waals surface area contributed by atoms with E-state index in [9.17, 15) is 13.2 Å². The Labute approximate surface area is 152 Å². The number of benzene rings is 2. The molecule has 3 aromatic rings. The maximum atomic E-state index is 12.2. The number of halogens is 1. The highest BCUT2D eigenvalue weighted by molar-refractivity contribution is 9.10. The number of nitrogens with zero attached hydrogens (tertiary/aromatic N) is 2. The number of amides is 1. The van der Waals surface area contributed by atoms with Gasteiger partial charge in [0.1, 0.15) is 0 Å². The number of aromatic nitrogens is 2. The molecule has 0 unspecified atom stereocenters. The Morgan fingerprint density at radius 2 is 1.76 bits per heavy atom. The lowest BCUT2D eigenvalue weighted by Gasteiger charge is -2.04. The Kier molecular flexibility index (Phi) is 4.69. The highest BCUT2D eigenvalue weighted by Gasteiger charge is 2.19. The van der Waals surface area contributed by atoms with Crippen LogP contribution in [0.15, 0.2) is 62.3 Å². The lowest BCUT2D eigenvalue weighted by molar-refractivity contribution is 0.102. The average Bonchev–Trinajstić information content (AvgIpc) is 3.03. The van der Waals surface area contributed by atoms with E-state index < -0.39 is 15.7 Å². The Hall–Kier alpha value is -2.52. The van der Waals surface area contributed by atoms with E-state index in [0.717, 1.165) is 6.26 Å². The monoisotopic (exact) mass is 421 g/mol. The molecule has 0 fully saturated rings. The van der Waals surface area contributed by atoms with E-state index in [-0.39, 0.29) is 22.4 Å². The molecule has 9 heteroatoms. The summed E-state index contributed by atoms with van der Waals surface area (Å²) in [4.78, 5) is 12.3. The van der Waals surface area contributed by atoms with Gasteiger partial charge in [-0.2, -0.15) is 0 Å². The first kappa shape index (κ1) is 17.3. The van der Waals surface area contributed by atoms with E-state index in [1.54, 1.807) is 42.5 Å². The summed E-state index contributed by atoms with van der Waals surface area (Å²) in [6, 6.07) is 13.0. The van der Waals surface area contributed by atoms with Crippen LogP contribution in [0.4, 0.5) is 6.01 Å². The van der Waals surface area contributed by atoms with Crippen molar-refractivity contribution in [2.45, 2.75) is 4.90 Å². The summed E-state index contributed by atoms with van der Waals surface area (Å²) in [6.07, 6.45) is 1.10. The van der Waals surface area contributed by atoms with Gasteiger partial charge in [0.15, 0.2) is 9.84 Å². The molecular weight excluding hydrogens is 410 g/mol. The molecule has 0 bridgehead atoms. The molecule has 1 amide bonds. The fraction of sp³-hybridized carbons (Fsp3) is 0.0625. The summed E-state index contributed by atoms with van der Waals surface area (Å²) < 4.78 is 29.8. The van der Waals surface area contributed by atoms with E-state index >= 15 is 0 Å². The van der Waals surface area contributed by atoms with E-state index in [1.807, 2.05) is 0 Å². The lowest BCUT2D eigenvalue weighted by Crippen LogP contribution is -2.12. The fourth-order valence-electron chi connectivity index (χ4n) is 2.16.